The van der Waals surface area contributed by atoms with Gasteiger partial charge >= 0.3 is 0 Å². The molecule has 53 heavy (non-hydrogen) atoms. The van der Waals surface area contributed by atoms with Crippen LogP contribution in [0.3, 0.4) is 0 Å². The van der Waals surface area contributed by atoms with E-state index in [-0.39, 0.29) is 5.41 Å². The lowest BCUT2D eigenvalue weighted by Crippen LogP contribution is -2.12. The fourth-order valence-corrected chi connectivity index (χ4v) is 7.59. The molecule has 3 nitrogen and oxygen atoms in total. The maximum Gasteiger partial charge on any atom is 0.0542 e. The second-order valence-electron chi connectivity index (χ2n) is 14.7. The third kappa shape index (κ3) is 6.00. The number of aromatic nitrogens is 1. The molecule has 0 spiro atoms. The fraction of sp³-hybridized carbons (Fsp3) is 0.0800. The minimum absolute atomic E-state index is 0.0270. The number of rotatable bonds is 7. The summed E-state index contributed by atoms with van der Waals surface area (Å²) in [4.78, 5) is 4.70. The van der Waals surface area contributed by atoms with Crippen LogP contribution in [0, 0.1) is 0 Å². The molecule has 0 atom stereocenters. The number of nitrogens with zero attached hydrogens (tertiary/aromatic N) is 3. The molecule has 0 aliphatic rings. The minimum atomic E-state index is 0.0270. The topological polar surface area (TPSA) is 11.4 Å². The number of anilines is 6. The molecule has 0 aliphatic heterocycles. The first kappa shape index (κ1) is 32.3. The third-order valence-electron chi connectivity index (χ3n) is 10.3. The number of benzene rings is 8. The molecule has 9 aromatic rings. The molecule has 3 heteroatoms. The highest BCUT2D eigenvalue weighted by atomic mass is 15.2. The van der Waals surface area contributed by atoms with Crippen molar-refractivity contribution in [2.75, 3.05) is 9.80 Å². The van der Waals surface area contributed by atoms with E-state index in [4.69, 9.17) is 0 Å². The van der Waals surface area contributed by atoms with Crippen LogP contribution in [0.25, 0.3) is 38.3 Å². The highest BCUT2D eigenvalue weighted by Gasteiger charge is 2.21. The maximum absolute atomic E-state index is 2.40. The van der Waals surface area contributed by atoms with E-state index in [0.717, 1.165) is 39.8 Å². The first-order valence-electron chi connectivity index (χ1n) is 18.4. The summed E-state index contributed by atoms with van der Waals surface area (Å²) in [7, 11) is 0. The Hall–Kier alpha value is -6.58. The Morgan fingerprint density at radius 2 is 0.792 bits per heavy atom. The molecule has 0 fully saturated rings. The van der Waals surface area contributed by atoms with Crippen LogP contribution in [-0.4, -0.2) is 4.57 Å². The monoisotopic (exact) mass is 683 g/mol. The molecule has 0 bridgehead atoms. The SMILES string of the molecule is CC(C)(C)c1ccc2c(c1)c1cc(N(c3ccc(N(c4ccccc4)c4ccccc4)cc3)c3ccc4ccccc4c3)ccc1n2-c1ccccc1. The van der Waals surface area contributed by atoms with Crippen molar-refractivity contribution in [3.05, 3.63) is 200 Å². The smallest absolute Gasteiger partial charge is 0.0542 e. The number of fused-ring (bicyclic) bond motifs is 4. The van der Waals surface area contributed by atoms with E-state index >= 15 is 0 Å². The summed E-state index contributed by atoms with van der Waals surface area (Å²) in [5.74, 6) is 0. The Bertz CT molecular complexity index is 2650. The molecular formula is C50H41N3. The summed E-state index contributed by atoms with van der Waals surface area (Å²) in [5.41, 5.74) is 11.6. The van der Waals surface area contributed by atoms with Gasteiger partial charge < -0.3 is 14.4 Å². The summed E-state index contributed by atoms with van der Waals surface area (Å²) in [6, 6.07) is 70.1. The predicted octanol–water partition coefficient (Wildman–Crippen LogP) is 14.2. The van der Waals surface area contributed by atoms with Crippen LogP contribution in [-0.2, 0) is 5.41 Å². The van der Waals surface area contributed by atoms with Crippen molar-refractivity contribution in [2.45, 2.75) is 26.2 Å². The van der Waals surface area contributed by atoms with Gasteiger partial charge in [-0.1, -0.05) is 112 Å². The van der Waals surface area contributed by atoms with E-state index in [0.29, 0.717) is 0 Å². The fourth-order valence-electron chi connectivity index (χ4n) is 7.59. The first-order valence-corrected chi connectivity index (χ1v) is 18.4. The van der Waals surface area contributed by atoms with Crippen LogP contribution in [0.4, 0.5) is 34.1 Å². The first-order chi connectivity index (χ1) is 25.9. The van der Waals surface area contributed by atoms with Crippen molar-refractivity contribution >= 4 is 66.7 Å². The van der Waals surface area contributed by atoms with Crippen LogP contribution in [0.5, 0.6) is 0 Å². The van der Waals surface area contributed by atoms with Gasteiger partial charge in [0.15, 0.2) is 0 Å². The highest BCUT2D eigenvalue weighted by molar-refractivity contribution is 6.11. The average molecular weight is 684 g/mol. The van der Waals surface area contributed by atoms with Crippen LogP contribution >= 0.6 is 0 Å². The zero-order valence-electron chi connectivity index (χ0n) is 30.3. The van der Waals surface area contributed by atoms with Crippen LogP contribution in [0.15, 0.2) is 194 Å². The summed E-state index contributed by atoms with van der Waals surface area (Å²) >= 11 is 0. The van der Waals surface area contributed by atoms with E-state index < -0.39 is 0 Å². The third-order valence-corrected chi connectivity index (χ3v) is 10.3. The van der Waals surface area contributed by atoms with Gasteiger partial charge in [-0.3, -0.25) is 0 Å². The molecule has 0 saturated heterocycles. The molecule has 9 rings (SSSR count). The Labute approximate surface area is 311 Å². The minimum Gasteiger partial charge on any atom is -0.311 e. The number of hydrogen-bond acceptors (Lipinski definition) is 2. The molecule has 0 radical (unpaired) electrons. The molecule has 0 N–H and O–H groups in total. The zero-order valence-corrected chi connectivity index (χ0v) is 30.3. The Morgan fingerprint density at radius 1 is 0.358 bits per heavy atom. The summed E-state index contributed by atoms with van der Waals surface area (Å²) in [5, 5.41) is 4.93. The van der Waals surface area contributed by atoms with E-state index in [1.54, 1.807) is 0 Å². The second-order valence-corrected chi connectivity index (χ2v) is 14.7. The standard InChI is InChI=1S/C50H41N3/c1-50(2,3)38-24-31-48-46(34-38)47-35-45(30-32-49(47)53(48)41-21-11-6-12-22-41)52(44-25-23-36-15-13-14-16-37(36)33-44)43-28-26-42(27-29-43)51(39-17-7-4-8-18-39)40-19-9-5-10-20-40/h4-35H,1-3H3. The Kier molecular flexibility index (Phi) is 8.05. The molecule has 0 aliphatic carbocycles. The van der Waals surface area contributed by atoms with Crippen molar-refractivity contribution in [1.29, 1.82) is 0 Å². The quantitative estimate of drug-likeness (QED) is 0.166. The number of hydrogen-bond donors (Lipinski definition) is 0. The van der Waals surface area contributed by atoms with E-state index in [1.807, 2.05) is 0 Å². The van der Waals surface area contributed by atoms with Gasteiger partial charge in [-0.2, -0.15) is 0 Å². The molecule has 0 unspecified atom stereocenters. The highest BCUT2D eigenvalue weighted by Crippen LogP contribution is 2.43. The van der Waals surface area contributed by atoms with E-state index in [1.165, 1.54) is 38.1 Å². The largest absolute Gasteiger partial charge is 0.311 e. The average Bonchev–Trinajstić information content (AvgIpc) is 3.53. The van der Waals surface area contributed by atoms with Gasteiger partial charge in [0, 0.05) is 50.6 Å². The van der Waals surface area contributed by atoms with Gasteiger partial charge in [-0.05, 0) is 125 Å². The van der Waals surface area contributed by atoms with Crippen LogP contribution < -0.4 is 9.80 Å². The van der Waals surface area contributed by atoms with Gasteiger partial charge in [0.2, 0.25) is 0 Å². The summed E-state index contributed by atoms with van der Waals surface area (Å²) < 4.78 is 2.40. The van der Waals surface area contributed by atoms with Gasteiger partial charge in [-0.15, -0.1) is 0 Å². The van der Waals surface area contributed by atoms with Gasteiger partial charge in [0.05, 0.1) is 11.0 Å². The molecular weight excluding hydrogens is 643 g/mol. The second kappa shape index (κ2) is 13.2. The van der Waals surface area contributed by atoms with Crippen molar-refractivity contribution < 1.29 is 0 Å². The predicted molar refractivity (Wildman–Crippen MR) is 226 cm³/mol. The van der Waals surface area contributed by atoms with Crippen LogP contribution in [0.1, 0.15) is 26.3 Å². The van der Waals surface area contributed by atoms with Gasteiger partial charge in [-0.25, -0.2) is 0 Å². The van der Waals surface area contributed by atoms with Crippen molar-refractivity contribution in [3.63, 3.8) is 0 Å². The van der Waals surface area contributed by atoms with Crippen molar-refractivity contribution in [1.82, 2.24) is 4.57 Å². The molecule has 0 saturated carbocycles. The normalized spacial score (nSPS) is 11.7. The molecule has 1 heterocycles. The molecule has 1 aromatic heterocycles. The summed E-state index contributed by atoms with van der Waals surface area (Å²) in [6.07, 6.45) is 0. The van der Waals surface area contributed by atoms with E-state index in [9.17, 15) is 0 Å². The molecule has 256 valence electrons. The van der Waals surface area contributed by atoms with Gasteiger partial charge in [0.1, 0.15) is 0 Å². The van der Waals surface area contributed by atoms with Crippen molar-refractivity contribution in [3.8, 4) is 5.69 Å². The molecule has 8 aromatic carbocycles. The van der Waals surface area contributed by atoms with E-state index in [2.05, 4.69) is 229 Å². The number of para-hydroxylation sites is 3. The van der Waals surface area contributed by atoms with Crippen molar-refractivity contribution in [2.24, 2.45) is 0 Å². The van der Waals surface area contributed by atoms with Crippen LogP contribution in [0.2, 0.25) is 0 Å². The molecule has 0 amide bonds. The lowest BCUT2D eigenvalue weighted by molar-refractivity contribution is 0.591. The lowest BCUT2D eigenvalue weighted by atomic mass is 9.86. The zero-order chi connectivity index (χ0) is 35.9. The Balaban J connectivity index is 1.24. The maximum atomic E-state index is 2.40. The summed E-state index contributed by atoms with van der Waals surface area (Å²) in [6.45, 7) is 6.87. The van der Waals surface area contributed by atoms with Gasteiger partial charge in [0.25, 0.3) is 0 Å². The Morgan fingerprint density at radius 3 is 1.40 bits per heavy atom. The lowest BCUT2D eigenvalue weighted by Gasteiger charge is -2.28.